The Morgan fingerprint density at radius 2 is 2.08 bits per heavy atom. The average Bonchev–Trinajstić information content (AvgIpc) is 3.06. The number of aromatic nitrogens is 2. The number of hydrogen-bond acceptors (Lipinski definition) is 2. The van der Waals surface area contributed by atoms with Crippen molar-refractivity contribution in [2.24, 2.45) is 0 Å². The predicted molar refractivity (Wildman–Crippen MR) is 100.0 cm³/mol. The zero-order valence-electron chi connectivity index (χ0n) is 14.0. The molecule has 26 heavy (non-hydrogen) atoms. The number of carbonyl (C=O) groups is 1. The molecule has 4 nitrogen and oxygen atoms in total. The van der Waals surface area contributed by atoms with Gasteiger partial charge in [-0.3, -0.25) is 4.79 Å². The number of rotatable bonds is 3. The molecule has 2 heterocycles. The Balaban J connectivity index is 1.58. The van der Waals surface area contributed by atoms with Crippen LogP contribution in [0, 0.1) is 5.82 Å². The molecule has 1 aromatic heterocycles. The van der Waals surface area contributed by atoms with Crippen molar-refractivity contribution in [1.82, 2.24) is 9.55 Å². The summed E-state index contributed by atoms with van der Waals surface area (Å²) in [6.45, 7) is 1.00. The van der Waals surface area contributed by atoms with Gasteiger partial charge in [0.1, 0.15) is 11.6 Å². The van der Waals surface area contributed by atoms with Crippen molar-refractivity contribution >= 4 is 23.2 Å². The van der Waals surface area contributed by atoms with Gasteiger partial charge in [-0.2, -0.15) is 0 Å². The molecule has 2 aromatic carbocycles. The molecule has 0 saturated heterocycles. The van der Waals surface area contributed by atoms with Crippen LogP contribution in [0.1, 0.15) is 29.0 Å². The Bertz CT molecular complexity index is 959. The van der Waals surface area contributed by atoms with E-state index < -0.39 is 5.82 Å². The van der Waals surface area contributed by atoms with Crippen LogP contribution in [-0.2, 0) is 13.0 Å². The maximum absolute atomic E-state index is 13.2. The molecule has 1 N–H and O–H groups in total. The van der Waals surface area contributed by atoms with Gasteiger partial charge in [-0.1, -0.05) is 23.7 Å². The second-order valence-electron chi connectivity index (χ2n) is 6.35. The summed E-state index contributed by atoms with van der Waals surface area (Å²) >= 11 is 5.96. The summed E-state index contributed by atoms with van der Waals surface area (Å²) in [6.07, 6.45) is 5.41. The summed E-state index contributed by atoms with van der Waals surface area (Å²) in [7, 11) is 0. The lowest BCUT2D eigenvalue weighted by molar-refractivity contribution is 0.102. The van der Waals surface area contributed by atoms with Gasteiger partial charge in [-0.15, -0.1) is 0 Å². The molecule has 0 atom stereocenters. The topological polar surface area (TPSA) is 46.9 Å². The lowest BCUT2D eigenvalue weighted by Gasteiger charge is -2.11. The van der Waals surface area contributed by atoms with Crippen molar-refractivity contribution in [2.45, 2.75) is 25.8 Å². The van der Waals surface area contributed by atoms with Crippen molar-refractivity contribution < 1.29 is 9.18 Å². The minimum atomic E-state index is -0.475. The fraction of sp³-hybridized carbons (Fsp3) is 0.200. The first-order valence-electron chi connectivity index (χ1n) is 8.53. The van der Waals surface area contributed by atoms with Gasteiger partial charge >= 0.3 is 0 Å². The van der Waals surface area contributed by atoms with Crippen LogP contribution in [0.25, 0.3) is 11.3 Å². The van der Waals surface area contributed by atoms with E-state index in [1.54, 1.807) is 6.07 Å². The highest BCUT2D eigenvalue weighted by atomic mass is 35.5. The fourth-order valence-corrected chi connectivity index (χ4v) is 3.43. The second-order valence-corrected chi connectivity index (χ2v) is 6.76. The summed E-state index contributed by atoms with van der Waals surface area (Å²) < 4.78 is 15.3. The first-order chi connectivity index (χ1) is 12.6. The molecule has 0 fully saturated rings. The number of imidazole rings is 1. The molecule has 1 aliphatic heterocycles. The zero-order valence-corrected chi connectivity index (χ0v) is 14.8. The van der Waals surface area contributed by atoms with Crippen molar-refractivity contribution in [3.63, 3.8) is 0 Å². The lowest BCUT2D eigenvalue weighted by atomic mass is 10.1. The van der Waals surface area contributed by atoms with Gasteiger partial charge < -0.3 is 9.88 Å². The van der Waals surface area contributed by atoms with E-state index in [-0.39, 0.29) is 16.5 Å². The summed E-state index contributed by atoms with van der Waals surface area (Å²) in [6, 6.07) is 11.2. The smallest absolute Gasteiger partial charge is 0.257 e. The molecule has 3 aromatic rings. The SMILES string of the molecule is O=C(Nc1cccc(-c2cn3c(n2)CCCC3)c1)c1ccc(F)cc1Cl. The maximum Gasteiger partial charge on any atom is 0.257 e. The molecule has 0 radical (unpaired) electrons. The van der Waals surface area contributed by atoms with Crippen LogP contribution in [0.15, 0.2) is 48.7 Å². The number of fused-ring (bicyclic) bond motifs is 1. The van der Waals surface area contributed by atoms with Crippen LogP contribution in [0.4, 0.5) is 10.1 Å². The maximum atomic E-state index is 13.2. The number of aryl methyl sites for hydroxylation is 2. The standard InChI is InChI=1S/C20H17ClFN3O/c21-17-11-14(22)7-8-16(17)20(26)23-15-5-3-4-13(10-15)18-12-25-9-2-1-6-19(25)24-18/h3-5,7-8,10-12H,1-2,6,9H2,(H,23,26). The minimum Gasteiger partial charge on any atom is -0.334 e. The first kappa shape index (κ1) is 16.8. The summed E-state index contributed by atoms with van der Waals surface area (Å²) in [5.74, 6) is 0.257. The number of hydrogen-bond donors (Lipinski definition) is 1. The highest BCUT2D eigenvalue weighted by molar-refractivity contribution is 6.34. The van der Waals surface area contributed by atoms with Crippen LogP contribution in [0.5, 0.6) is 0 Å². The van der Waals surface area contributed by atoms with Crippen molar-refractivity contribution in [3.05, 3.63) is 70.9 Å². The zero-order chi connectivity index (χ0) is 18.1. The van der Waals surface area contributed by atoms with E-state index in [1.165, 1.54) is 25.0 Å². The number of halogens is 2. The van der Waals surface area contributed by atoms with Gasteiger partial charge in [0.05, 0.1) is 16.3 Å². The van der Waals surface area contributed by atoms with Crippen molar-refractivity contribution in [2.75, 3.05) is 5.32 Å². The molecule has 0 aliphatic carbocycles. The third kappa shape index (κ3) is 3.35. The monoisotopic (exact) mass is 369 g/mol. The molecule has 1 aliphatic rings. The largest absolute Gasteiger partial charge is 0.334 e. The highest BCUT2D eigenvalue weighted by Gasteiger charge is 2.15. The molecule has 132 valence electrons. The number of nitrogens with zero attached hydrogens (tertiary/aromatic N) is 2. The number of amides is 1. The van der Waals surface area contributed by atoms with Crippen LogP contribution in [0.3, 0.4) is 0 Å². The lowest BCUT2D eigenvalue weighted by Crippen LogP contribution is -2.12. The molecule has 1 amide bonds. The van der Waals surface area contributed by atoms with Crippen molar-refractivity contribution in [1.29, 1.82) is 0 Å². The Labute approximate surface area is 155 Å². The molecular weight excluding hydrogens is 353 g/mol. The van der Waals surface area contributed by atoms with Gasteiger partial charge in [0.25, 0.3) is 5.91 Å². The van der Waals surface area contributed by atoms with Crippen LogP contribution in [0.2, 0.25) is 5.02 Å². The molecule has 0 unspecified atom stereocenters. The predicted octanol–water partition coefficient (Wildman–Crippen LogP) is 4.93. The molecule has 0 bridgehead atoms. The highest BCUT2D eigenvalue weighted by Crippen LogP contribution is 2.25. The Hall–Kier alpha value is -2.66. The molecule has 4 rings (SSSR count). The second kappa shape index (κ2) is 6.92. The summed E-state index contributed by atoms with van der Waals surface area (Å²) in [4.78, 5) is 17.1. The molecule has 0 spiro atoms. The Morgan fingerprint density at radius 1 is 1.19 bits per heavy atom. The van der Waals surface area contributed by atoms with E-state index in [9.17, 15) is 9.18 Å². The van der Waals surface area contributed by atoms with Crippen LogP contribution >= 0.6 is 11.6 Å². The van der Waals surface area contributed by atoms with Gasteiger partial charge in [0.15, 0.2) is 0 Å². The fourth-order valence-electron chi connectivity index (χ4n) is 3.18. The van der Waals surface area contributed by atoms with Gasteiger partial charge in [-0.25, -0.2) is 9.37 Å². The van der Waals surface area contributed by atoms with Crippen LogP contribution in [-0.4, -0.2) is 15.5 Å². The van der Waals surface area contributed by atoms with E-state index >= 15 is 0 Å². The normalized spacial score (nSPS) is 13.3. The van der Waals surface area contributed by atoms with Crippen molar-refractivity contribution in [3.8, 4) is 11.3 Å². The third-order valence-corrected chi connectivity index (χ3v) is 4.81. The molecular formula is C20H17ClFN3O. The Morgan fingerprint density at radius 3 is 2.88 bits per heavy atom. The first-order valence-corrected chi connectivity index (χ1v) is 8.91. The average molecular weight is 370 g/mol. The number of benzene rings is 2. The van der Waals surface area contributed by atoms with E-state index in [0.29, 0.717) is 5.69 Å². The van der Waals surface area contributed by atoms with E-state index in [2.05, 4.69) is 16.1 Å². The van der Waals surface area contributed by atoms with E-state index in [0.717, 1.165) is 36.1 Å². The van der Waals surface area contributed by atoms with E-state index in [4.69, 9.17) is 16.6 Å². The summed E-state index contributed by atoms with van der Waals surface area (Å²) in [5.41, 5.74) is 2.71. The van der Waals surface area contributed by atoms with Gasteiger partial charge in [0, 0.05) is 30.4 Å². The Kier molecular flexibility index (Phi) is 4.47. The van der Waals surface area contributed by atoms with E-state index in [1.807, 2.05) is 18.2 Å². The third-order valence-electron chi connectivity index (χ3n) is 4.50. The minimum absolute atomic E-state index is 0.0837. The summed E-state index contributed by atoms with van der Waals surface area (Å²) in [5, 5.41) is 2.89. The van der Waals surface area contributed by atoms with Gasteiger partial charge in [0.2, 0.25) is 0 Å². The molecule has 0 saturated carbocycles. The molecule has 6 heteroatoms. The number of carbonyl (C=O) groups excluding carboxylic acids is 1. The number of anilines is 1. The number of nitrogens with one attached hydrogen (secondary N) is 1. The quantitative estimate of drug-likeness (QED) is 0.711. The van der Waals surface area contributed by atoms with Gasteiger partial charge in [-0.05, 0) is 43.2 Å². The van der Waals surface area contributed by atoms with Crippen LogP contribution < -0.4 is 5.32 Å².